The quantitative estimate of drug-likeness (QED) is 0.796. The fraction of sp³-hybridized carbons (Fsp3) is 0.467. The normalized spacial score (nSPS) is 21.6. The molecule has 0 saturated carbocycles. The maximum absolute atomic E-state index is 13.7. The minimum atomic E-state index is -4.11. The molecule has 0 amide bonds. The van der Waals surface area contributed by atoms with Crippen molar-refractivity contribution in [3.63, 3.8) is 0 Å². The Balaban J connectivity index is 2.36. The topological polar surface area (TPSA) is 101 Å². The van der Waals surface area contributed by atoms with Gasteiger partial charge in [0.15, 0.2) is 0 Å². The van der Waals surface area contributed by atoms with Gasteiger partial charge in [0.25, 0.3) is 0 Å². The van der Waals surface area contributed by atoms with Gasteiger partial charge in [-0.05, 0) is 31.0 Å². The predicted octanol–water partition coefficient (Wildman–Crippen LogP) is 1.34. The second kappa shape index (κ2) is 6.86. The Hall–Kier alpha value is -2.00. The van der Waals surface area contributed by atoms with Crippen LogP contribution in [0.5, 0.6) is 0 Å². The fourth-order valence-corrected chi connectivity index (χ4v) is 4.26. The summed E-state index contributed by atoms with van der Waals surface area (Å²) in [6.07, 6.45) is 0. The molecule has 2 atom stereocenters. The Kier molecular flexibility index (Phi) is 5.24. The second-order valence-corrected chi connectivity index (χ2v) is 7.58. The van der Waals surface area contributed by atoms with E-state index in [2.05, 4.69) is 0 Å². The molecule has 1 aromatic carbocycles. The summed E-state index contributed by atoms with van der Waals surface area (Å²) >= 11 is 0. The number of sulfonamides is 1. The number of aliphatic carboxylic acids is 1. The highest BCUT2D eigenvalue weighted by Crippen LogP contribution is 2.29. The number of ether oxygens (including phenoxy) is 1. The molecule has 2 rings (SSSR count). The first-order valence-electron chi connectivity index (χ1n) is 7.37. The van der Waals surface area contributed by atoms with Crippen molar-refractivity contribution in [2.45, 2.75) is 18.7 Å². The van der Waals surface area contributed by atoms with Crippen LogP contribution in [0.1, 0.15) is 24.2 Å². The number of halogens is 1. The summed E-state index contributed by atoms with van der Waals surface area (Å²) in [4.78, 5) is 22.5. The molecule has 0 radical (unpaired) electrons. The average molecular weight is 359 g/mol. The number of rotatable bonds is 5. The van der Waals surface area contributed by atoms with Crippen molar-refractivity contribution in [2.75, 3.05) is 19.7 Å². The van der Waals surface area contributed by atoms with E-state index in [1.165, 1.54) is 0 Å². The van der Waals surface area contributed by atoms with Crippen LogP contribution in [0.2, 0.25) is 0 Å². The van der Waals surface area contributed by atoms with E-state index in [-0.39, 0.29) is 31.2 Å². The summed E-state index contributed by atoms with van der Waals surface area (Å²) in [5, 5.41) is 9.12. The standard InChI is InChI=1S/C15H18FNO6S/c1-3-23-15(20)10-4-11(16)6-12(5-10)24(21,22)17-7-9(2)13(8-17)14(18)19/h4-6,9,13H,3,7-8H2,1-2H3,(H,18,19)/t9-,13-/m1/s1. The number of carbonyl (C=O) groups is 2. The van der Waals surface area contributed by atoms with Crippen LogP contribution in [-0.2, 0) is 19.6 Å². The van der Waals surface area contributed by atoms with E-state index >= 15 is 0 Å². The third-order valence-electron chi connectivity index (χ3n) is 3.92. The summed E-state index contributed by atoms with van der Waals surface area (Å²) < 4.78 is 44.8. The number of carboxylic acids is 1. The third kappa shape index (κ3) is 3.57. The summed E-state index contributed by atoms with van der Waals surface area (Å²) in [5.74, 6) is -3.98. The number of nitrogens with zero attached hydrogens (tertiary/aromatic N) is 1. The molecule has 0 bridgehead atoms. The number of carbonyl (C=O) groups excluding carboxylic acids is 1. The van der Waals surface area contributed by atoms with E-state index in [9.17, 15) is 22.4 Å². The van der Waals surface area contributed by atoms with E-state index in [1.807, 2.05) is 0 Å². The number of carboxylic acid groups (broad SMARTS) is 1. The molecule has 0 aliphatic carbocycles. The first-order valence-corrected chi connectivity index (χ1v) is 8.81. The van der Waals surface area contributed by atoms with Crippen LogP contribution >= 0.6 is 0 Å². The smallest absolute Gasteiger partial charge is 0.338 e. The van der Waals surface area contributed by atoms with Crippen LogP contribution in [0.25, 0.3) is 0 Å². The van der Waals surface area contributed by atoms with Gasteiger partial charge in [-0.1, -0.05) is 6.92 Å². The minimum Gasteiger partial charge on any atom is -0.481 e. The Bertz CT molecular complexity index is 763. The zero-order valence-electron chi connectivity index (χ0n) is 13.2. The van der Waals surface area contributed by atoms with Crippen molar-refractivity contribution in [3.8, 4) is 0 Å². The number of hydrogen-bond acceptors (Lipinski definition) is 5. The fourth-order valence-electron chi connectivity index (χ4n) is 2.63. The van der Waals surface area contributed by atoms with Gasteiger partial charge in [0, 0.05) is 13.1 Å². The van der Waals surface area contributed by atoms with E-state index in [0.29, 0.717) is 0 Å². The monoisotopic (exact) mass is 359 g/mol. The van der Waals surface area contributed by atoms with Gasteiger partial charge < -0.3 is 9.84 Å². The highest BCUT2D eigenvalue weighted by Gasteiger charge is 2.41. The van der Waals surface area contributed by atoms with E-state index in [4.69, 9.17) is 9.84 Å². The molecule has 1 aliphatic rings. The van der Waals surface area contributed by atoms with Crippen LogP contribution in [0.3, 0.4) is 0 Å². The van der Waals surface area contributed by atoms with E-state index in [0.717, 1.165) is 22.5 Å². The average Bonchev–Trinajstić information content (AvgIpc) is 2.89. The van der Waals surface area contributed by atoms with Gasteiger partial charge in [0.1, 0.15) is 5.82 Å². The maximum Gasteiger partial charge on any atom is 0.338 e. The summed E-state index contributed by atoms with van der Waals surface area (Å²) in [7, 11) is -4.11. The molecule has 132 valence electrons. The van der Waals surface area contributed by atoms with Gasteiger partial charge in [-0.2, -0.15) is 4.31 Å². The van der Waals surface area contributed by atoms with Gasteiger partial charge in [-0.3, -0.25) is 4.79 Å². The molecule has 1 aromatic rings. The molecule has 1 saturated heterocycles. The van der Waals surface area contributed by atoms with Gasteiger partial charge in [0.05, 0.1) is 23.0 Å². The first kappa shape index (κ1) is 18.3. The SMILES string of the molecule is CCOC(=O)c1cc(F)cc(S(=O)(=O)N2C[C@@H](C)[C@H](C(=O)O)C2)c1. The van der Waals surface area contributed by atoms with Crippen molar-refractivity contribution in [1.29, 1.82) is 0 Å². The molecule has 1 heterocycles. The Morgan fingerprint density at radius 3 is 2.54 bits per heavy atom. The van der Waals surface area contributed by atoms with Gasteiger partial charge in [-0.25, -0.2) is 17.6 Å². The summed E-state index contributed by atoms with van der Waals surface area (Å²) in [6.45, 7) is 3.12. The molecule has 0 spiro atoms. The lowest BCUT2D eigenvalue weighted by Crippen LogP contribution is -2.30. The van der Waals surface area contributed by atoms with Crippen molar-refractivity contribution in [3.05, 3.63) is 29.6 Å². The zero-order valence-corrected chi connectivity index (χ0v) is 14.0. The van der Waals surface area contributed by atoms with Gasteiger partial charge in [-0.15, -0.1) is 0 Å². The van der Waals surface area contributed by atoms with Crippen molar-refractivity contribution in [1.82, 2.24) is 4.31 Å². The highest BCUT2D eigenvalue weighted by molar-refractivity contribution is 7.89. The second-order valence-electron chi connectivity index (χ2n) is 5.64. The molecule has 1 N–H and O–H groups in total. The molecule has 24 heavy (non-hydrogen) atoms. The number of esters is 1. The molecular formula is C15H18FNO6S. The van der Waals surface area contributed by atoms with Crippen molar-refractivity contribution in [2.24, 2.45) is 11.8 Å². The lowest BCUT2D eigenvalue weighted by Gasteiger charge is -2.16. The molecule has 1 aliphatic heterocycles. The molecule has 0 aromatic heterocycles. The van der Waals surface area contributed by atoms with Crippen LogP contribution in [-0.4, -0.2) is 49.5 Å². The largest absolute Gasteiger partial charge is 0.481 e. The summed E-state index contributed by atoms with van der Waals surface area (Å²) in [6, 6.07) is 2.73. The Morgan fingerprint density at radius 2 is 2.00 bits per heavy atom. The molecule has 0 unspecified atom stereocenters. The predicted molar refractivity (Wildman–Crippen MR) is 81.4 cm³/mol. The van der Waals surface area contributed by atoms with Crippen LogP contribution < -0.4 is 0 Å². The Labute approximate surface area is 139 Å². The van der Waals surface area contributed by atoms with Crippen molar-refractivity contribution >= 4 is 22.0 Å². The van der Waals surface area contributed by atoms with Gasteiger partial charge >= 0.3 is 11.9 Å². The molecule has 9 heteroatoms. The number of hydrogen-bond donors (Lipinski definition) is 1. The maximum atomic E-state index is 13.7. The van der Waals surface area contributed by atoms with Gasteiger partial charge in [0.2, 0.25) is 10.0 Å². The Morgan fingerprint density at radius 1 is 1.33 bits per heavy atom. The van der Waals surface area contributed by atoms with Crippen molar-refractivity contribution < 1.29 is 32.2 Å². The third-order valence-corrected chi connectivity index (χ3v) is 5.73. The van der Waals surface area contributed by atoms with Crippen LogP contribution in [0.15, 0.2) is 23.1 Å². The van der Waals surface area contributed by atoms with Crippen LogP contribution in [0.4, 0.5) is 4.39 Å². The van der Waals surface area contributed by atoms with E-state index < -0.39 is 38.6 Å². The van der Waals surface area contributed by atoms with Crippen LogP contribution in [0, 0.1) is 17.7 Å². The molecule has 1 fully saturated rings. The molecular weight excluding hydrogens is 341 g/mol. The lowest BCUT2D eigenvalue weighted by atomic mass is 9.99. The summed E-state index contributed by atoms with van der Waals surface area (Å²) in [5.41, 5.74) is -0.211. The molecule has 7 nitrogen and oxygen atoms in total. The minimum absolute atomic E-state index is 0.0184. The number of benzene rings is 1. The highest BCUT2D eigenvalue weighted by atomic mass is 32.2. The zero-order chi connectivity index (χ0) is 18.1. The van der Waals surface area contributed by atoms with E-state index in [1.54, 1.807) is 13.8 Å². The first-order chi connectivity index (χ1) is 11.2. The lowest BCUT2D eigenvalue weighted by molar-refractivity contribution is -0.142.